The zero-order valence-corrected chi connectivity index (χ0v) is 17.5. The van der Waals surface area contributed by atoms with Gasteiger partial charge in [-0.3, -0.25) is 9.59 Å². The first-order valence-corrected chi connectivity index (χ1v) is 11.1. The Balaban J connectivity index is 1.54. The van der Waals surface area contributed by atoms with Gasteiger partial charge in [0.2, 0.25) is 0 Å². The van der Waals surface area contributed by atoms with Gasteiger partial charge in [0.25, 0.3) is 11.8 Å². The van der Waals surface area contributed by atoms with Crippen molar-refractivity contribution in [2.45, 2.75) is 49.5 Å². The van der Waals surface area contributed by atoms with Crippen LogP contribution in [0.15, 0.2) is 58.3 Å². The monoisotopic (exact) mass is 406 g/mol. The summed E-state index contributed by atoms with van der Waals surface area (Å²) in [6.07, 6.45) is 8.90. The predicted octanol–water partition coefficient (Wildman–Crippen LogP) is 5.25. The third-order valence-electron chi connectivity index (χ3n) is 5.61. The molecule has 0 aromatic heterocycles. The number of hydrogen-bond acceptors (Lipinski definition) is 3. The molecule has 4 rings (SSSR count). The highest BCUT2D eigenvalue weighted by Crippen LogP contribution is 2.42. The van der Waals surface area contributed by atoms with Gasteiger partial charge in [-0.05, 0) is 42.7 Å². The lowest BCUT2D eigenvalue weighted by molar-refractivity contribution is -0.114. The fourth-order valence-corrected chi connectivity index (χ4v) is 5.02. The molecule has 1 aliphatic carbocycles. The molecular formula is C24H26N2O2S. The average molecular weight is 407 g/mol. The Kier molecular flexibility index (Phi) is 6.05. The van der Waals surface area contributed by atoms with Crippen LogP contribution in [0.2, 0.25) is 0 Å². The Morgan fingerprint density at radius 2 is 1.79 bits per heavy atom. The van der Waals surface area contributed by atoms with Crippen LogP contribution >= 0.6 is 11.8 Å². The molecule has 0 saturated heterocycles. The third-order valence-corrected chi connectivity index (χ3v) is 6.68. The maximum absolute atomic E-state index is 12.9. The number of hydrogen-bond donors (Lipinski definition) is 1. The number of amides is 2. The minimum atomic E-state index is -0.0484. The summed E-state index contributed by atoms with van der Waals surface area (Å²) in [5.41, 5.74) is 2.40. The Labute approximate surface area is 176 Å². The zero-order valence-electron chi connectivity index (χ0n) is 16.7. The average Bonchev–Trinajstić information content (AvgIpc) is 3.01. The number of benzene rings is 2. The topological polar surface area (TPSA) is 49.4 Å². The van der Waals surface area contributed by atoms with E-state index in [2.05, 4.69) is 5.32 Å². The predicted molar refractivity (Wildman–Crippen MR) is 119 cm³/mol. The van der Waals surface area contributed by atoms with Crippen LogP contribution in [0.4, 0.5) is 5.69 Å². The SMILES string of the molecule is CN1C(=O)C(=Cc2ccccc2)Sc2ccc(C(=O)NC3CCCCCC3)cc21. The van der Waals surface area contributed by atoms with Gasteiger partial charge < -0.3 is 10.2 Å². The minimum Gasteiger partial charge on any atom is -0.349 e. The lowest BCUT2D eigenvalue weighted by Crippen LogP contribution is -2.35. The molecule has 1 fully saturated rings. The highest BCUT2D eigenvalue weighted by atomic mass is 32.2. The molecule has 5 heteroatoms. The van der Waals surface area contributed by atoms with E-state index in [-0.39, 0.29) is 17.9 Å². The van der Waals surface area contributed by atoms with Gasteiger partial charge in [0.1, 0.15) is 0 Å². The Bertz CT molecular complexity index is 931. The van der Waals surface area contributed by atoms with Gasteiger partial charge in [0.05, 0.1) is 10.6 Å². The standard InChI is InChI=1S/C24H26N2O2S/c1-26-20-16-18(23(27)25-19-11-7-2-3-8-12-19)13-14-21(20)29-22(24(26)28)15-17-9-5-4-6-10-17/h4-6,9-10,13-16,19H,2-3,7-8,11-12H2,1H3,(H,25,27). The number of carbonyl (C=O) groups excluding carboxylic acids is 2. The van der Waals surface area contributed by atoms with Crippen molar-refractivity contribution in [3.05, 3.63) is 64.6 Å². The highest BCUT2D eigenvalue weighted by molar-refractivity contribution is 8.04. The van der Waals surface area contributed by atoms with Crippen molar-refractivity contribution in [1.29, 1.82) is 0 Å². The number of nitrogens with zero attached hydrogens (tertiary/aromatic N) is 1. The number of nitrogens with one attached hydrogen (secondary N) is 1. The third kappa shape index (κ3) is 4.56. The molecule has 0 atom stereocenters. The normalized spacial score (nSPS) is 19.0. The highest BCUT2D eigenvalue weighted by Gasteiger charge is 2.27. The molecule has 150 valence electrons. The molecule has 0 bridgehead atoms. The smallest absolute Gasteiger partial charge is 0.264 e. The lowest BCUT2D eigenvalue weighted by Gasteiger charge is -2.27. The zero-order chi connectivity index (χ0) is 20.2. The number of fused-ring (bicyclic) bond motifs is 1. The summed E-state index contributed by atoms with van der Waals surface area (Å²) in [7, 11) is 1.77. The van der Waals surface area contributed by atoms with Crippen molar-refractivity contribution in [2.24, 2.45) is 0 Å². The molecule has 4 nitrogen and oxygen atoms in total. The van der Waals surface area contributed by atoms with Gasteiger partial charge >= 0.3 is 0 Å². The number of rotatable bonds is 3. The summed E-state index contributed by atoms with van der Waals surface area (Å²) in [6.45, 7) is 0. The van der Waals surface area contributed by atoms with Crippen LogP contribution in [-0.2, 0) is 4.79 Å². The quantitative estimate of drug-likeness (QED) is 0.559. The summed E-state index contributed by atoms with van der Waals surface area (Å²) in [5, 5.41) is 3.19. The maximum Gasteiger partial charge on any atom is 0.264 e. The van der Waals surface area contributed by atoms with E-state index in [1.165, 1.54) is 37.4 Å². The van der Waals surface area contributed by atoms with Crippen molar-refractivity contribution in [2.75, 3.05) is 11.9 Å². The summed E-state index contributed by atoms with van der Waals surface area (Å²) in [5.74, 6) is -0.0937. The molecule has 1 aliphatic heterocycles. The molecule has 1 N–H and O–H groups in total. The minimum absolute atomic E-state index is 0.0452. The Morgan fingerprint density at radius 1 is 1.07 bits per heavy atom. The fourth-order valence-electron chi connectivity index (χ4n) is 3.93. The molecule has 0 radical (unpaired) electrons. The number of thioether (sulfide) groups is 1. The van der Waals surface area contributed by atoms with Crippen molar-refractivity contribution in [1.82, 2.24) is 5.32 Å². The Morgan fingerprint density at radius 3 is 2.52 bits per heavy atom. The molecule has 1 heterocycles. The van der Waals surface area contributed by atoms with E-state index >= 15 is 0 Å². The molecule has 0 spiro atoms. The van der Waals surface area contributed by atoms with Crippen molar-refractivity contribution < 1.29 is 9.59 Å². The largest absolute Gasteiger partial charge is 0.349 e. The summed E-state index contributed by atoms with van der Waals surface area (Å²) in [6, 6.07) is 15.8. The van der Waals surface area contributed by atoms with Gasteiger partial charge in [-0.1, -0.05) is 67.8 Å². The van der Waals surface area contributed by atoms with Crippen molar-refractivity contribution >= 4 is 35.3 Å². The van der Waals surface area contributed by atoms with E-state index in [1.807, 2.05) is 54.6 Å². The number of carbonyl (C=O) groups is 2. The van der Waals surface area contributed by atoms with Crippen LogP contribution in [0.5, 0.6) is 0 Å². The van der Waals surface area contributed by atoms with Gasteiger partial charge in [0, 0.05) is 23.5 Å². The van der Waals surface area contributed by atoms with Gasteiger partial charge in [-0.2, -0.15) is 0 Å². The van der Waals surface area contributed by atoms with E-state index in [1.54, 1.807) is 11.9 Å². The second-order valence-corrected chi connectivity index (χ2v) is 8.81. The Hall–Kier alpha value is -2.53. The molecule has 2 aliphatic rings. The van der Waals surface area contributed by atoms with Crippen LogP contribution in [0.25, 0.3) is 6.08 Å². The fraction of sp³-hybridized carbons (Fsp3) is 0.333. The molecule has 0 unspecified atom stereocenters. The second-order valence-electron chi connectivity index (χ2n) is 7.73. The van der Waals surface area contributed by atoms with Crippen LogP contribution in [-0.4, -0.2) is 24.9 Å². The first-order chi connectivity index (χ1) is 14.1. The molecule has 2 aromatic rings. The lowest BCUT2D eigenvalue weighted by atomic mass is 10.1. The van der Waals surface area contributed by atoms with E-state index < -0.39 is 0 Å². The maximum atomic E-state index is 12.9. The first kappa shape index (κ1) is 19.8. The molecular weight excluding hydrogens is 380 g/mol. The second kappa shape index (κ2) is 8.87. The van der Waals surface area contributed by atoms with E-state index in [0.29, 0.717) is 10.5 Å². The van der Waals surface area contributed by atoms with Gasteiger partial charge in [-0.25, -0.2) is 0 Å². The summed E-state index contributed by atoms with van der Waals surface area (Å²) < 4.78 is 0. The van der Waals surface area contributed by atoms with E-state index in [9.17, 15) is 9.59 Å². The molecule has 2 amide bonds. The van der Waals surface area contributed by atoms with Crippen LogP contribution < -0.4 is 10.2 Å². The van der Waals surface area contributed by atoms with Crippen LogP contribution in [0, 0.1) is 0 Å². The molecule has 29 heavy (non-hydrogen) atoms. The van der Waals surface area contributed by atoms with Gasteiger partial charge in [-0.15, -0.1) is 0 Å². The van der Waals surface area contributed by atoms with E-state index in [0.717, 1.165) is 29.0 Å². The summed E-state index contributed by atoms with van der Waals surface area (Å²) in [4.78, 5) is 28.9. The van der Waals surface area contributed by atoms with Gasteiger partial charge in [0.15, 0.2) is 0 Å². The number of anilines is 1. The van der Waals surface area contributed by atoms with Crippen molar-refractivity contribution in [3.63, 3.8) is 0 Å². The summed E-state index contributed by atoms with van der Waals surface area (Å²) >= 11 is 1.46. The van der Waals surface area contributed by atoms with Crippen LogP contribution in [0.1, 0.15) is 54.4 Å². The first-order valence-electron chi connectivity index (χ1n) is 10.3. The number of likely N-dealkylation sites (N-methyl/N-ethyl adjacent to an activating group) is 1. The molecule has 2 aromatic carbocycles. The van der Waals surface area contributed by atoms with Crippen LogP contribution in [0.3, 0.4) is 0 Å². The van der Waals surface area contributed by atoms with Crippen molar-refractivity contribution in [3.8, 4) is 0 Å². The van der Waals surface area contributed by atoms with E-state index in [4.69, 9.17) is 0 Å². The molecule has 1 saturated carbocycles.